The lowest BCUT2D eigenvalue weighted by molar-refractivity contribution is 0.102. The van der Waals surface area contributed by atoms with E-state index in [4.69, 9.17) is 0 Å². The van der Waals surface area contributed by atoms with E-state index in [1.54, 1.807) is 24.5 Å². The molecule has 8 heteroatoms. The van der Waals surface area contributed by atoms with Crippen molar-refractivity contribution in [3.05, 3.63) is 77.5 Å². The van der Waals surface area contributed by atoms with Gasteiger partial charge in [0.2, 0.25) is 0 Å². The lowest BCUT2D eigenvalue weighted by Gasteiger charge is -2.06. The van der Waals surface area contributed by atoms with Gasteiger partial charge in [-0.15, -0.1) is 0 Å². The zero-order valence-electron chi connectivity index (χ0n) is 12.8. The van der Waals surface area contributed by atoms with E-state index < -0.39 is 23.1 Å². The topological polar surface area (TPSA) is 83.6 Å². The summed E-state index contributed by atoms with van der Waals surface area (Å²) in [6, 6.07) is 8.06. The molecule has 0 fully saturated rings. The average molecular weight is 339 g/mol. The zero-order chi connectivity index (χ0) is 17.8. The number of anilines is 1. The van der Waals surface area contributed by atoms with E-state index in [0.717, 1.165) is 23.8 Å². The van der Waals surface area contributed by atoms with Gasteiger partial charge in [0.1, 0.15) is 17.7 Å². The Labute approximate surface area is 141 Å². The van der Waals surface area contributed by atoms with Gasteiger partial charge in [-0.3, -0.25) is 9.78 Å². The molecule has 0 bridgehead atoms. The molecular weight excluding hydrogens is 328 g/mol. The first-order chi connectivity index (χ1) is 12.1. The minimum Gasteiger partial charge on any atom is -0.316 e. The fourth-order valence-corrected chi connectivity index (χ4v) is 2.24. The smallest absolute Gasteiger partial charge is 0.259 e. The minimum absolute atomic E-state index is 0.0229. The Kier molecular flexibility index (Phi) is 4.48. The number of hydrogen-bond acceptors (Lipinski definition) is 4. The summed E-state index contributed by atoms with van der Waals surface area (Å²) in [6.45, 7) is 0.350. The average Bonchev–Trinajstić information content (AvgIpc) is 2.99. The monoisotopic (exact) mass is 339 g/mol. The first kappa shape index (κ1) is 16.3. The molecule has 6 nitrogen and oxygen atoms in total. The van der Waals surface area contributed by atoms with Crippen LogP contribution >= 0.6 is 0 Å². The molecule has 0 saturated heterocycles. The maximum absolute atomic E-state index is 13.7. The van der Waals surface area contributed by atoms with Crippen LogP contribution in [0.25, 0.3) is 0 Å². The molecular formula is C17H11F2N5O. The Morgan fingerprint density at radius 3 is 2.72 bits per heavy atom. The number of nitrogens with zero attached hydrogens (tertiary/aromatic N) is 4. The molecule has 0 saturated carbocycles. The fourth-order valence-electron chi connectivity index (χ4n) is 2.24. The molecule has 1 aromatic carbocycles. The molecule has 0 aliphatic carbocycles. The summed E-state index contributed by atoms with van der Waals surface area (Å²) in [5, 5.41) is 11.7. The van der Waals surface area contributed by atoms with Gasteiger partial charge in [-0.25, -0.2) is 13.8 Å². The van der Waals surface area contributed by atoms with E-state index >= 15 is 0 Å². The number of nitriles is 1. The summed E-state index contributed by atoms with van der Waals surface area (Å²) in [5.74, 6) is -2.52. The van der Waals surface area contributed by atoms with E-state index in [1.165, 1.54) is 10.9 Å². The van der Waals surface area contributed by atoms with Crippen LogP contribution in [0.3, 0.4) is 0 Å². The van der Waals surface area contributed by atoms with Crippen molar-refractivity contribution in [2.45, 2.75) is 6.54 Å². The van der Waals surface area contributed by atoms with Gasteiger partial charge in [0.15, 0.2) is 11.5 Å². The van der Waals surface area contributed by atoms with Gasteiger partial charge >= 0.3 is 0 Å². The highest BCUT2D eigenvalue weighted by molar-refractivity contribution is 6.04. The van der Waals surface area contributed by atoms with Crippen molar-refractivity contribution < 1.29 is 13.6 Å². The SMILES string of the molecule is N#Cc1c(NC(=O)c2cc(F)ccc2F)ncn1Cc1ccncc1. The molecule has 0 radical (unpaired) electrons. The van der Waals surface area contributed by atoms with Gasteiger partial charge < -0.3 is 9.88 Å². The highest BCUT2D eigenvalue weighted by Crippen LogP contribution is 2.17. The Morgan fingerprint density at radius 2 is 2.00 bits per heavy atom. The fraction of sp³-hybridized carbons (Fsp3) is 0.0588. The van der Waals surface area contributed by atoms with Crippen LogP contribution in [0, 0.1) is 23.0 Å². The van der Waals surface area contributed by atoms with Crippen LogP contribution in [0.2, 0.25) is 0 Å². The van der Waals surface area contributed by atoms with Crippen molar-refractivity contribution >= 4 is 11.7 Å². The third-order valence-electron chi connectivity index (χ3n) is 3.45. The quantitative estimate of drug-likeness (QED) is 0.792. The number of benzene rings is 1. The molecule has 0 unspecified atom stereocenters. The van der Waals surface area contributed by atoms with Crippen molar-refractivity contribution in [2.24, 2.45) is 0 Å². The number of pyridine rings is 1. The van der Waals surface area contributed by atoms with Crippen LogP contribution in [0.4, 0.5) is 14.6 Å². The van der Waals surface area contributed by atoms with Gasteiger partial charge in [-0.1, -0.05) is 0 Å². The van der Waals surface area contributed by atoms with Crippen molar-refractivity contribution in [3.63, 3.8) is 0 Å². The first-order valence-electron chi connectivity index (χ1n) is 7.19. The van der Waals surface area contributed by atoms with Gasteiger partial charge in [-0.05, 0) is 35.9 Å². The van der Waals surface area contributed by atoms with Crippen molar-refractivity contribution in [1.82, 2.24) is 14.5 Å². The number of hydrogen-bond donors (Lipinski definition) is 1. The molecule has 0 spiro atoms. The van der Waals surface area contributed by atoms with Crippen LogP contribution in [0.1, 0.15) is 21.6 Å². The molecule has 0 aliphatic rings. The molecule has 2 heterocycles. The number of carbonyl (C=O) groups is 1. The number of rotatable bonds is 4. The second-order valence-corrected chi connectivity index (χ2v) is 5.12. The largest absolute Gasteiger partial charge is 0.316 e. The van der Waals surface area contributed by atoms with Crippen LogP contribution in [-0.2, 0) is 6.54 Å². The van der Waals surface area contributed by atoms with E-state index in [-0.39, 0.29) is 11.5 Å². The predicted molar refractivity (Wildman–Crippen MR) is 84.6 cm³/mol. The normalized spacial score (nSPS) is 10.3. The van der Waals surface area contributed by atoms with E-state index in [0.29, 0.717) is 6.54 Å². The van der Waals surface area contributed by atoms with Gasteiger partial charge in [0.05, 0.1) is 11.9 Å². The summed E-state index contributed by atoms with van der Waals surface area (Å²) in [5.41, 5.74) is 0.521. The van der Waals surface area contributed by atoms with Crippen LogP contribution in [-0.4, -0.2) is 20.4 Å². The summed E-state index contributed by atoms with van der Waals surface area (Å²) in [7, 11) is 0. The molecule has 3 rings (SSSR count). The molecule has 0 aliphatic heterocycles. The van der Waals surface area contributed by atoms with Crippen LogP contribution < -0.4 is 5.32 Å². The molecule has 0 atom stereocenters. The minimum atomic E-state index is -0.886. The molecule has 1 amide bonds. The lowest BCUT2D eigenvalue weighted by Crippen LogP contribution is -2.15. The van der Waals surface area contributed by atoms with Crippen molar-refractivity contribution in [1.29, 1.82) is 5.26 Å². The second kappa shape index (κ2) is 6.88. The lowest BCUT2D eigenvalue weighted by atomic mass is 10.2. The molecule has 124 valence electrons. The standard InChI is InChI=1S/C17H11F2N5O/c18-12-1-2-14(19)13(7-12)17(25)23-16-15(8-20)24(10-22-16)9-11-3-5-21-6-4-11/h1-7,10H,9H2,(H,23,25). The van der Waals surface area contributed by atoms with Crippen molar-refractivity contribution in [3.8, 4) is 6.07 Å². The number of carbonyl (C=O) groups excluding carboxylic acids is 1. The molecule has 1 N–H and O–H groups in total. The Morgan fingerprint density at radius 1 is 1.24 bits per heavy atom. The first-order valence-corrected chi connectivity index (χ1v) is 7.19. The predicted octanol–water partition coefficient (Wildman–Crippen LogP) is 2.73. The van der Waals surface area contributed by atoms with E-state index in [9.17, 15) is 18.8 Å². The van der Waals surface area contributed by atoms with Crippen molar-refractivity contribution in [2.75, 3.05) is 5.32 Å². The van der Waals surface area contributed by atoms with E-state index in [1.807, 2.05) is 6.07 Å². The maximum Gasteiger partial charge on any atom is 0.259 e. The summed E-state index contributed by atoms with van der Waals surface area (Å²) >= 11 is 0. The number of amides is 1. The number of halogens is 2. The highest BCUT2D eigenvalue weighted by atomic mass is 19.1. The van der Waals surface area contributed by atoms with E-state index in [2.05, 4.69) is 15.3 Å². The number of imidazole rings is 1. The molecule has 2 aromatic heterocycles. The summed E-state index contributed by atoms with van der Waals surface area (Å²) in [6.07, 6.45) is 4.62. The summed E-state index contributed by atoms with van der Waals surface area (Å²) < 4.78 is 28.4. The molecule has 25 heavy (non-hydrogen) atoms. The Hall–Kier alpha value is -3.60. The third kappa shape index (κ3) is 3.50. The Bertz CT molecular complexity index is 963. The van der Waals surface area contributed by atoms with Crippen LogP contribution in [0.15, 0.2) is 49.1 Å². The van der Waals surface area contributed by atoms with Crippen LogP contribution in [0.5, 0.6) is 0 Å². The highest BCUT2D eigenvalue weighted by Gasteiger charge is 2.18. The van der Waals surface area contributed by atoms with Gasteiger partial charge in [0, 0.05) is 18.9 Å². The second-order valence-electron chi connectivity index (χ2n) is 5.12. The third-order valence-corrected chi connectivity index (χ3v) is 3.45. The maximum atomic E-state index is 13.7. The molecule has 3 aromatic rings. The number of nitrogens with one attached hydrogen (secondary N) is 1. The summed E-state index contributed by atoms with van der Waals surface area (Å²) in [4.78, 5) is 20.0. The zero-order valence-corrected chi connectivity index (χ0v) is 12.8. The Balaban J connectivity index is 1.85. The number of aromatic nitrogens is 3. The van der Waals surface area contributed by atoms with Gasteiger partial charge in [0.25, 0.3) is 5.91 Å². The van der Waals surface area contributed by atoms with Gasteiger partial charge in [-0.2, -0.15) is 5.26 Å².